The molecule has 1 amide bonds. The number of benzene rings is 3. The number of nitrogens with zero attached hydrogens (tertiary/aromatic N) is 1. The van der Waals surface area contributed by atoms with Crippen molar-refractivity contribution < 1.29 is 18.8 Å². The molecule has 33 heavy (non-hydrogen) atoms. The lowest BCUT2D eigenvalue weighted by atomic mass is 10.00. The van der Waals surface area contributed by atoms with Crippen LogP contribution in [0.1, 0.15) is 20.8 Å². The Bertz CT molecular complexity index is 1080. The quantitative estimate of drug-likeness (QED) is 0.308. The molecule has 1 atom stereocenters. The van der Waals surface area contributed by atoms with Crippen molar-refractivity contribution in [2.45, 2.75) is 31.9 Å². The number of β-lactam (4-membered cyclic amide) rings is 1. The molecule has 0 bridgehead atoms. The molecule has 0 saturated carbocycles. The zero-order valence-corrected chi connectivity index (χ0v) is 20.4. The van der Waals surface area contributed by atoms with E-state index in [4.69, 9.17) is 9.16 Å². The maximum Gasteiger partial charge on any atom is 0.297 e. The predicted molar refractivity (Wildman–Crippen MR) is 133 cm³/mol. The summed E-state index contributed by atoms with van der Waals surface area (Å²) >= 11 is 0. The summed E-state index contributed by atoms with van der Waals surface area (Å²) in [4.78, 5) is 26.6. The molecule has 1 aliphatic heterocycles. The fourth-order valence-electron chi connectivity index (χ4n) is 4.61. The number of Topliss-reactive ketones (excluding diaryl/α,β-unsaturated/α-hetero) is 1. The number of hydrogen-bond donors (Lipinski definition) is 0. The average molecular weight is 460 g/mol. The van der Waals surface area contributed by atoms with Gasteiger partial charge in [-0.15, -0.1) is 0 Å². The molecule has 0 N–H and O–H groups in total. The summed E-state index contributed by atoms with van der Waals surface area (Å²) in [5.41, 5.74) is 0.663. The standard InChI is InChI=1S/C27H29NO4Si/c1-27(2,3)33(22-11-7-5-8-12-22,23-13-9-6-10-14-23)32-19-24-25(29)26(30)28(24)20-15-17-21(31-4)18-16-20/h5-18,24H,19H2,1-4H3/t24-/m0/s1. The zero-order valence-electron chi connectivity index (χ0n) is 19.4. The highest BCUT2D eigenvalue weighted by Crippen LogP contribution is 2.38. The summed E-state index contributed by atoms with van der Waals surface area (Å²) in [6, 6.07) is 27.0. The van der Waals surface area contributed by atoms with Crippen molar-refractivity contribution in [1.82, 2.24) is 0 Å². The summed E-state index contributed by atoms with van der Waals surface area (Å²) in [5.74, 6) is -0.224. The second kappa shape index (κ2) is 8.96. The van der Waals surface area contributed by atoms with Gasteiger partial charge in [0.25, 0.3) is 14.2 Å². The van der Waals surface area contributed by atoms with Crippen molar-refractivity contribution in [3.8, 4) is 5.75 Å². The van der Waals surface area contributed by atoms with E-state index >= 15 is 0 Å². The molecule has 170 valence electrons. The van der Waals surface area contributed by atoms with Crippen molar-refractivity contribution in [2.75, 3.05) is 18.6 Å². The Labute approximate surface area is 196 Å². The molecular weight excluding hydrogens is 430 g/mol. The van der Waals surface area contributed by atoms with Gasteiger partial charge in [0.15, 0.2) is 0 Å². The number of hydrogen-bond acceptors (Lipinski definition) is 4. The molecule has 0 spiro atoms. The monoisotopic (exact) mass is 459 g/mol. The summed E-state index contributed by atoms with van der Waals surface area (Å²) in [7, 11) is -1.21. The molecule has 4 rings (SSSR count). The van der Waals surface area contributed by atoms with E-state index in [9.17, 15) is 9.59 Å². The topological polar surface area (TPSA) is 55.8 Å². The Kier molecular flexibility index (Phi) is 6.23. The van der Waals surface area contributed by atoms with E-state index in [1.165, 1.54) is 4.90 Å². The Balaban J connectivity index is 1.71. The van der Waals surface area contributed by atoms with Crippen LogP contribution in [0.3, 0.4) is 0 Å². The van der Waals surface area contributed by atoms with Crippen LogP contribution in [-0.2, 0) is 14.0 Å². The molecule has 5 nitrogen and oxygen atoms in total. The van der Waals surface area contributed by atoms with Gasteiger partial charge in [-0.1, -0.05) is 81.4 Å². The summed E-state index contributed by atoms with van der Waals surface area (Å²) in [6.45, 7) is 6.71. The van der Waals surface area contributed by atoms with Crippen molar-refractivity contribution in [3.63, 3.8) is 0 Å². The molecule has 3 aromatic carbocycles. The van der Waals surface area contributed by atoms with Gasteiger partial charge < -0.3 is 9.16 Å². The van der Waals surface area contributed by atoms with E-state index in [2.05, 4.69) is 45.0 Å². The molecule has 1 fully saturated rings. The van der Waals surface area contributed by atoms with E-state index in [0.717, 1.165) is 10.4 Å². The number of ketones is 1. The van der Waals surface area contributed by atoms with Crippen LogP contribution in [0.25, 0.3) is 0 Å². The summed E-state index contributed by atoms with van der Waals surface area (Å²) in [6.07, 6.45) is 0. The first kappa shape index (κ1) is 23.0. The second-order valence-corrected chi connectivity index (χ2v) is 13.5. The molecule has 1 heterocycles. The van der Waals surface area contributed by atoms with E-state index in [-0.39, 0.29) is 11.6 Å². The van der Waals surface area contributed by atoms with Gasteiger partial charge in [0, 0.05) is 5.69 Å². The maximum atomic E-state index is 12.6. The Hall–Kier alpha value is -3.22. The fraction of sp³-hybridized carbons (Fsp3) is 0.259. The lowest BCUT2D eigenvalue weighted by Crippen LogP contribution is -2.70. The molecule has 0 aliphatic carbocycles. The first-order valence-corrected chi connectivity index (χ1v) is 13.0. The maximum absolute atomic E-state index is 12.6. The number of amides is 1. The highest BCUT2D eigenvalue weighted by Gasteiger charge is 2.53. The van der Waals surface area contributed by atoms with Crippen LogP contribution in [0.4, 0.5) is 5.69 Å². The summed E-state index contributed by atoms with van der Waals surface area (Å²) in [5, 5.41) is 2.06. The number of carbonyl (C=O) groups is 2. The second-order valence-electron chi connectivity index (χ2n) is 9.23. The molecule has 1 aliphatic rings. The number of rotatable bonds is 7. The molecule has 0 unspecified atom stereocenters. The molecular formula is C27H29NO4Si. The van der Waals surface area contributed by atoms with Gasteiger partial charge in [-0.25, -0.2) is 0 Å². The minimum absolute atomic E-state index is 0.143. The summed E-state index contributed by atoms with van der Waals surface area (Å²) < 4.78 is 12.1. The first-order chi connectivity index (χ1) is 15.8. The van der Waals surface area contributed by atoms with Crippen LogP contribution in [0.5, 0.6) is 5.75 Å². The van der Waals surface area contributed by atoms with Crippen molar-refractivity contribution in [1.29, 1.82) is 0 Å². The number of ether oxygens (including phenoxy) is 1. The average Bonchev–Trinajstić information content (AvgIpc) is 2.84. The van der Waals surface area contributed by atoms with Gasteiger partial charge in [-0.3, -0.25) is 14.5 Å². The van der Waals surface area contributed by atoms with Crippen LogP contribution < -0.4 is 20.0 Å². The largest absolute Gasteiger partial charge is 0.497 e. The fourth-order valence-corrected chi connectivity index (χ4v) is 9.17. The minimum Gasteiger partial charge on any atom is -0.497 e. The third-order valence-corrected chi connectivity index (χ3v) is 11.3. The van der Waals surface area contributed by atoms with Gasteiger partial charge in [0.05, 0.1) is 13.7 Å². The number of methoxy groups -OCH3 is 1. The van der Waals surface area contributed by atoms with Gasteiger partial charge >= 0.3 is 0 Å². The van der Waals surface area contributed by atoms with Crippen LogP contribution >= 0.6 is 0 Å². The Morgan fingerprint density at radius 2 is 1.33 bits per heavy atom. The van der Waals surface area contributed by atoms with Crippen LogP contribution in [0.15, 0.2) is 84.9 Å². The third kappa shape index (κ3) is 4.00. The first-order valence-electron chi connectivity index (χ1n) is 11.1. The van der Waals surface area contributed by atoms with Gasteiger partial charge in [-0.2, -0.15) is 0 Å². The zero-order chi connectivity index (χ0) is 23.6. The molecule has 1 saturated heterocycles. The Morgan fingerprint density at radius 3 is 1.79 bits per heavy atom. The van der Waals surface area contributed by atoms with E-state index in [0.29, 0.717) is 11.4 Å². The van der Waals surface area contributed by atoms with Gasteiger partial charge in [-0.05, 0) is 39.7 Å². The van der Waals surface area contributed by atoms with Crippen LogP contribution in [0, 0.1) is 0 Å². The van der Waals surface area contributed by atoms with Gasteiger partial charge in [0.1, 0.15) is 11.8 Å². The van der Waals surface area contributed by atoms with Crippen LogP contribution in [0.2, 0.25) is 5.04 Å². The third-order valence-electron chi connectivity index (χ3n) is 6.27. The lowest BCUT2D eigenvalue weighted by Gasteiger charge is -2.46. The van der Waals surface area contributed by atoms with E-state index in [1.807, 2.05) is 36.4 Å². The normalized spacial score (nSPS) is 16.5. The highest BCUT2D eigenvalue weighted by atomic mass is 28.4. The van der Waals surface area contributed by atoms with E-state index in [1.54, 1.807) is 31.4 Å². The molecule has 0 radical (unpaired) electrons. The van der Waals surface area contributed by atoms with Crippen molar-refractivity contribution in [3.05, 3.63) is 84.9 Å². The predicted octanol–water partition coefficient (Wildman–Crippen LogP) is 3.56. The lowest BCUT2D eigenvalue weighted by molar-refractivity contribution is -0.144. The van der Waals surface area contributed by atoms with Crippen LogP contribution in [-0.4, -0.2) is 39.8 Å². The molecule has 6 heteroatoms. The van der Waals surface area contributed by atoms with Gasteiger partial charge in [0.2, 0.25) is 5.78 Å². The smallest absolute Gasteiger partial charge is 0.297 e. The number of carbonyl (C=O) groups excluding carboxylic acids is 2. The highest BCUT2D eigenvalue weighted by molar-refractivity contribution is 6.99. The van der Waals surface area contributed by atoms with E-state index < -0.39 is 26.0 Å². The molecule has 3 aromatic rings. The Morgan fingerprint density at radius 1 is 0.818 bits per heavy atom. The SMILES string of the molecule is COc1ccc(N2C(=O)C(=O)[C@@H]2CO[Si](c2ccccc2)(c2ccccc2)C(C)(C)C)cc1. The number of anilines is 1. The van der Waals surface area contributed by atoms with Crippen molar-refractivity contribution in [2.24, 2.45) is 0 Å². The van der Waals surface area contributed by atoms with Crippen molar-refractivity contribution >= 4 is 36.1 Å². The minimum atomic E-state index is -2.80. The molecule has 0 aromatic heterocycles.